The van der Waals surface area contributed by atoms with E-state index in [2.05, 4.69) is 15.8 Å². The molecule has 0 saturated carbocycles. The van der Waals surface area contributed by atoms with E-state index in [1.807, 2.05) is 0 Å². The molecule has 0 bridgehead atoms. The number of nitrogens with one attached hydrogen (secondary N) is 2. The number of halogens is 2. The zero-order valence-corrected chi connectivity index (χ0v) is 11.9. The molecule has 2 N–H and O–H groups in total. The molecule has 1 aromatic carbocycles. The van der Waals surface area contributed by atoms with Gasteiger partial charge in [-0.3, -0.25) is 9.59 Å². The Morgan fingerprint density at radius 3 is 2.82 bits per heavy atom. The number of nitrogens with zero attached hydrogens (tertiary/aromatic N) is 1. The maximum atomic E-state index is 13.5. The van der Waals surface area contributed by atoms with E-state index < -0.39 is 17.6 Å². The van der Waals surface area contributed by atoms with E-state index in [0.29, 0.717) is 5.76 Å². The van der Waals surface area contributed by atoms with Crippen LogP contribution in [-0.2, 0) is 4.79 Å². The fourth-order valence-corrected chi connectivity index (χ4v) is 1.78. The molecule has 0 radical (unpaired) electrons. The molecule has 0 aliphatic carbocycles. The van der Waals surface area contributed by atoms with Crippen LogP contribution in [0.2, 0.25) is 5.02 Å². The van der Waals surface area contributed by atoms with E-state index >= 15 is 0 Å². The molecule has 0 spiro atoms. The molecule has 0 atom stereocenters. The van der Waals surface area contributed by atoms with Crippen molar-refractivity contribution in [2.75, 3.05) is 6.54 Å². The lowest BCUT2D eigenvalue weighted by Crippen LogP contribution is -2.35. The lowest BCUT2D eigenvalue weighted by molar-refractivity contribution is -0.120. The Labute approximate surface area is 129 Å². The first-order valence-corrected chi connectivity index (χ1v) is 6.53. The van der Waals surface area contributed by atoms with Crippen LogP contribution in [0.3, 0.4) is 0 Å². The summed E-state index contributed by atoms with van der Waals surface area (Å²) in [4.78, 5) is 23.3. The minimum Gasteiger partial charge on any atom is -0.463 e. The van der Waals surface area contributed by atoms with E-state index in [4.69, 9.17) is 16.0 Å². The zero-order valence-electron chi connectivity index (χ0n) is 11.2. The van der Waals surface area contributed by atoms with Crippen molar-refractivity contribution in [3.63, 3.8) is 0 Å². The van der Waals surface area contributed by atoms with E-state index in [0.717, 1.165) is 6.07 Å². The highest BCUT2D eigenvalue weighted by atomic mass is 35.5. The van der Waals surface area contributed by atoms with Crippen molar-refractivity contribution < 1.29 is 18.4 Å². The normalized spacial score (nSPS) is 10.6. The van der Waals surface area contributed by atoms with Gasteiger partial charge in [0.25, 0.3) is 11.8 Å². The van der Waals surface area contributed by atoms with E-state index in [9.17, 15) is 14.0 Å². The molecule has 2 rings (SSSR count). The van der Waals surface area contributed by atoms with Crippen LogP contribution >= 0.6 is 11.6 Å². The molecule has 0 aliphatic heterocycles. The number of carbonyl (C=O) groups is 2. The van der Waals surface area contributed by atoms with E-state index in [1.54, 1.807) is 12.1 Å². The Morgan fingerprint density at radius 1 is 1.32 bits per heavy atom. The van der Waals surface area contributed by atoms with Crippen molar-refractivity contribution >= 4 is 29.6 Å². The second kappa shape index (κ2) is 7.37. The first-order valence-electron chi connectivity index (χ1n) is 6.15. The molecule has 2 aromatic rings. The molecule has 0 saturated heterocycles. The van der Waals surface area contributed by atoms with Crippen molar-refractivity contribution in [1.82, 2.24) is 10.7 Å². The summed E-state index contributed by atoms with van der Waals surface area (Å²) in [5.74, 6) is -1.67. The lowest BCUT2D eigenvalue weighted by atomic mass is 10.2. The van der Waals surface area contributed by atoms with Gasteiger partial charge in [0.2, 0.25) is 0 Å². The number of amides is 2. The van der Waals surface area contributed by atoms with Gasteiger partial charge in [0.1, 0.15) is 11.6 Å². The van der Waals surface area contributed by atoms with Gasteiger partial charge in [-0.2, -0.15) is 5.10 Å². The Kier molecular flexibility index (Phi) is 5.26. The summed E-state index contributed by atoms with van der Waals surface area (Å²) in [5.41, 5.74) is 1.88. The number of rotatable bonds is 5. The van der Waals surface area contributed by atoms with Gasteiger partial charge < -0.3 is 9.73 Å². The van der Waals surface area contributed by atoms with Gasteiger partial charge in [0.05, 0.1) is 29.6 Å². The van der Waals surface area contributed by atoms with Crippen LogP contribution in [0.4, 0.5) is 4.39 Å². The van der Waals surface area contributed by atoms with Gasteiger partial charge in [-0.15, -0.1) is 0 Å². The van der Waals surface area contributed by atoms with Gasteiger partial charge in [0.15, 0.2) is 0 Å². The van der Waals surface area contributed by atoms with Crippen molar-refractivity contribution in [3.05, 3.63) is 58.8 Å². The first kappa shape index (κ1) is 15.7. The van der Waals surface area contributed by atoms with Crippen LogP contribution in [0.1, 0.15) is 16.1 Å². The number of hydrogen-bond acceptors (Lipinski definition) is 4. The molecule has 1 heterocycles. The summed E-state index contributed by atoms with van der Waals surface area (Å²) in [5, 5.41) is 5.85. The fraction of sp³-hybridized carbons (Fsp3) is 0.0714. The summed E-state index contributed by atoms with van der Waals surface area (Å²) < 4.78 is 18.5. The molecule has 0 aliphatic rings. The highest BCUT2D eigenvalue weighted by Crippen LogP contribution is 2.18. The Bertz CT molecular complexity index is 681. The predicted molar refractivity (Wildman–Crippen MR) is 78.2 cm³/mol. The summed E-state index contributed by atoms with van der Waals surface area (Å²) in [6, 6.07) is 7.19. The minimum absolute atomic E-state index is 0.0336. The third-order valence-corrected chi connectivity index (χ3v) is 2.84. The summed E-state index contributed by atoms with van der Waals surface area (Å²) >= 11 is 5.75. The van der Waals surface area contributed by atoms with E-state index in [1.165, 1.54) is 24.6 Å². The second-order valence-corrected chi connectivity index (χ2v) is 4.50. The maximum Gasteiger partial charge on any atom is 0.259 e. The van der Waals surface area contributed by atoms with Crippen LogP contribution in [0.15, 0.2) is 46.1 Å². The van der Waals surface area contributed by atoms with Crippen LogP contribution < -0.4 is 10.7 Å². The van der Waals surface area contributed by atoms with Crippen LogP contribution in [-0.4, -0.2) is 24.6 Å². The molecule has 2 amide bonds. The van der Waals surface area contributed by atoms with Crippen molar-refractivity contribution in [2.45, 2.75) is 0 Å². The molecule has 1 aromatic heterocycles. The zero-order chi connectivity index (χ0) is 15.9. The van der Waals surface area contributed by atoms with Crippen molar-refractivity contribution in [1.29, 1.82) is 0 Å². The number of furan rings is 1. The Balaban J connectivity index is 1.84. The highest BCUT2D eigenvalue weighted by molar-refractivity contribution is 6.33. The van der Waals surface area contributed by atoms with Crippen LogP contribution in [0, 0.1) is 5.82 Å². The van der Waals surface area contributed by atoms with Gasteiger partial charge in [-0.1, -0.05) is 17.7 Å². The third-order valence-electron chi connectivity index (χ3n) is 2.52. The number of hydrazone groups is 1. The lowest BCUT2D eigenvalue weighted by Gasteiger charge is -2.06. The molecule has 0 unspecified atom stereocenters. The van der Waals surface area contributed by atoms with Crippen molar-refractivity contribution in [3.8, 4) is 0 Å². The molecular formula is C14H11ClFN3O3. The summed E-state index contributed by atoms with van der Waals surface area (Å²) in [6.45, 7) is -0.376. The fourth-order valence-electron chi connectivity index (χ4n) is 1.54. The van der Waals surface area contributed by atoms with Crippen LogP contribution in [0.5, 0.6) is 0 Å². The molecule has 6 nitrogen and oxygen atoms in total. The van der Waals surface area contributed by atoms with E-state index in [-0.39, 0.29) is 17.1 Å². The van der Waals surface area contributed by atoms with Gasteiger partial charge in [0, 0.05) is 0 Å². The average Bonchev–Trinajstić information content (AvgIpc) is 2.98. The standard InChI is InChI=1S/C14H11ClFN3O3/c15-10-4-1-5-11(16)13(10)14(21)17-8-12(20)19-18-7-9-3-2-6-22-9/h1-7H,8H2,(H,17,21)(H,19,20)/b18-7-. The van der Waals surface area contributed by atoms with Gasteiger partial charge in [-0.25, -0.2) is 9.82 Å². The molecule has 0 fully saturated rings. The monoisotopic (exact) mass is 323 g/mol. The minimum atomic E-state index is -0.784. The smallest absolute Gasteiger partial charge is 0.259 e. The van der Waals surface area contributed by atoms with Gasteiger partial charge in [-0.05, 0) is 24.3 Å². The average molecular weight is 324 g/mol. The maximum absolute atomic E-state index is 13.5. The topological polar surface area (TPSA) is 83.7 Å². The predicted octanol–water partition coefficient (Wildman–Crippen LogP) is 1.95. The number of hydrogen-bond donors (Lipinski definition) is 2. The van der Waals surface area contributed by atoms with Crippen LogP contribution in [0.25, 0.3) is 0 Å². The quantitative estimate of drug-likeness (QED) is 0.651. The number of benzene rings is 1. The number of carbonyl (C=O) groups excluding carboxylic acids is 2. The van der Waals surface area contributed by atoms with Crippen molar-refractivity contribution in [2.24, 2.45) is 5.10 Å². The summed E-state index contributed by atoms with van der Waals surface area (Å²) in [7, 11) is 0. The summed E-state index contributed by atoms with van der Waals surface area (Å²) in [6.07, 6.45) is 2.76. The first-order chi connectivity index (χ1) is 10.6. The Morgan fingerprint density at radius 2 is 2.14 bits per heavy atom. The molecular weight excluding hydrogens is 313 g/mol. The third kappa shape index (κ3) is 4.16. The Hall–Kier alpha value is -2.67. The SMILES string of the molecule is O=C(CNC(=O)c1c(F)cccc1Cl)N/N=C\c1ccco1. The highest BCUT2D eigenvalue weighted by Gasteiger charge is 2.16. The molecule has 8 heteroatoms. The largest absolute Gasteiger partial charge is 0.463 e. The second-order valence-electron chi connectivity index (χ2n) is 4.09. The van der Waals surface area contributed by atoms with Gasteiger partial charge >= 0.3 is 0 Å². The molecule has 22 heavy (non-hydrogen) atoms. The molecule has 114 valence electrons.